The molecule has 1 saturated heterocycles. The van der Waals surface area contributed by atoms with Gasteiger partial charge in [-0.3, -0.25) is 19.5 Å². The third kappa shape index (κ3) is 4.63. The van der Waals surface area contributed by atoms with Crippen LogP contribution in [0.1, 0.15) is 41.4 Å². The van der Waals surface area contributed by atoms with Gasteiger partial charge in [0.05, 0.1) is 30.4 Å². The molecule has 178 valence electrons. The first-order valence-corrected chi connectivity index (χ1v) is 11.0. The van der Waals surface area contributed by atoms with Gasteiger partial charge in [-0.1, -0.05) is 24.3 Å². The van der Waals surface area contributed by atoms with Crippen molar-refractivity contribution in [1.29, 1.82) is 0 Å². The number of ketones is 1. The molecule has 1 aromatic heterocycles. The van der Waals surface area contributed by atoms with Crippen molar-refractivity contribution in [1.82, 2.24) is 4.98 Å². The van der Waals surface area contributed by atoms with Crippen molar-refractivity contribution < 1.29 is 29.0 Å². The molecule has 1 N–H and O–H groups in total. The second-order valence-electron chi connectivity index (χ2n) is 8.19. The number of amides is 1. The normalized spacial score (nSPS) is 17.0. The lowest BCUT2D eigenvalue weighted by atomic mass is 9.96. The number of aliphatic hydroxyl groups excluding tert-OH is 1. The minimum Gasteiger partial charge on any atom is -0.507 e. The second kappa shape index (κ2) is 9.80. The van der Waals surface area contributed by atoms with Crippen LogP contribution in [0.15, 0.2) is 78.6 Å². The fraction of sp³-hybridized carbons (Fsp3) is 0.185. The first-order valence-electron chi connectivity index (χ1n) is 11.0. The third-order valence-electron chi connectivity index (χ3n) is 5.49. The molecule has 8 nitrogen and oxygen atoms in total. The number of aliphatic hydroxyl groups is 1. The van der Waals surface area contributed by atoms with Crippen molar-refractivity contribution in [3.8, 4) is 5.75 Å². The number of hydrogen-bond acceptors (Lipinski definition) is 7. The smallest absolute Gasteiger partial charge is 0.338 e. The number of esters is 1. The minimum absolute atomic E-state index is 0.0913. The SMILES string of the molecule is COc1cccc(/C(O)=C2\C(=O)C(=O)N(c3cccc(C(=O)OC(C)C)c3)C2c2cccnc2)c1. The Balaban J connectivity index is 1.88. The molecule has 1 aliphatic rings. The van der Waals surface area contributed by atoms with Gasteiger partial charge in [0.1, 0.15) is 11.5 Å². The number of pyridine rings is 1. The Morgan fingerprint density at radius 3 is 2.46 bits per heavy atom. The summed E-state index contributed by atoms with van der Waals surface area (Å²) in [5, 5.41) is 11.2. The van der Waals surface area contributed by atoms with E-state index in [1.807, 2.05) is 0 Å². The number of benzene rings is 2. The van der Waals surface area contributed by atoms with Crippen LogP contribution in [-0.4, -0.2) is 41.0 Å². The summed E-state index contributed by atoms with van der Waals surface area (Å²) in [7, 11) is 1.49. The molecule has 4 rings (SSSR count). The van der Waals surface area contributed by atoms with Gasteiger partial charge in [-0.05, 0) is 55.8 Å². The predicted octanol–water partition coefficient (Wildman–Crippen LogP) is 4.28. The molecule has 35 heavy (non-hydrogen) atoms. The molecule has 0 aliphatic carbocycles. The van der Waals surface area contributed by atoms with Gasteiger partial charge >= 0.3 is 5.97 Å². The lowest BCUT2D eigenvalue weighted by Crippen LogP contribution is -2.29. The number of nitrogens with zero attached hydrogens (tertiary/aromatic N) is 2. The maximum absolute atomic E-state index is 13.3. The first kappa shape index (κ1) is 23.7. The van der Waals surface area contributed by atoms with Gasteiger partial charge in [0.25, 0.3) is 11.7 Å². The Kier molecular flexibility index (Phi) is 6.64. The number of Topliss-reactive ketones (excluding diaryl/α,β-unsaturated/α-hetero) is 1. The lowest BCUT2D eigenvalue weighted by Gasteiger charge is -2.25. The summed E-state index contributed by atoms with van der Waals surface area (Å²) < 4.78 is 10.5. The standard InChI is InChI=1S/C27H24N2O6/c1-16(2)35-27(33)18-8-4-10-20(13-18)29-23(19-9-6-12-28-15-19)22(25(31)26(29)32)24(30)17-7-5-11-21(14-17)34-3/h4-16,23,30H,1-3H3/b24-22+. The summed E-state index contributed by atoms with van der Waals surface area (Å²) in [6.45, 7) is 3.47. The number of hydrogen-bond donors (Lipinski definition) is 1. The molecule has 0 bridgehead atoms. The fourth-order valence-electron chi connectivity index (χ4n) is 3.94. The van der Waals surface area contributed by atoms with Crippen molar-refractivity contribution in [2.24, 2.45) is 0 Å². The van der Waals surface area contributed by atoms with Gasteiger partial charge in [0, 0.05) is 23.6 Å². The summed E-state index contributed by atoms with van der Waals surface area (Å²) in [5.41, 5.74) is 1.29. The fourth-order valence-corrected chi connectivity index (χ4v) is 3.94. The lowest BCUT2D eigenvalue weighted by molar-refractivity contribution is -0.132. The van der Waals surface area contributed by atoms with E-state index in [9.17, 15) is 19.5 Å². The number of rotatable bonds is 6. The molecule has 1 unspecified atom stereocenters. The van der Waals surface area contributed by atoms with Crippen LogP contribution < -0.4 is 9.64 Å². The van der Waals surface area contributed by atoms with Gasteiger partial charge in [0.15, 0.2) is 0 Å². The number of aromatic nitrogens is 1. The quantitative estimate of drug-likeness (QED) is 0.247. The molecule has 1 fully saturated rings. The molecule has 8 heteroatoms. The van der Waals surface area contributed by atoms with E-state index in [1.54, 1.807) is 74.6 Å². The summed E-state index contributed by atoms with van der Waals surface area (Å²) in [6, 6.07) is 15.3. The maximum atomic E-state index is 13.3. The van der Waals surface area contributed by atoms with Crippen molar-refractivity contribution in [3.63, 3.8) is 0 Å². The molecule has 1 atom stereocenters. The number of methoxy groups -OCH3 is 1. The van der Waals surface area contributed by atoms with E-state index < -0.39 is 23.7 Å². The molecule has 2 aromatic carbocycles. The van der Waals surface area contributed by atoms with Crippen LogP contribution in [0, 0.1) is 0 Å². The number of anilines is 1. The van der Waals surface area contributed by atoms with Gasteiger partial charge in [0.2, 0.25) is 0 Å². The molecule has 1 aliphatic heterocycles. The second-order valence-corrected chi connectivity index (χ2v) is 8.19. The van der Waals surface area contributed by atoms with Crippen LogP contribution in [0.25, 0.3) is 5.76 Å². The highest BCUT2D eigenvalue weighted by Gasteiger charge is 2.47. The Hall–Kier alpha value is -4.46. The zero-order valence-electron chi connectivity index (χ0n) is 19.5. The summed E-state index contributed by atoms with van der Waals surface area (Å²) in [6.07, 6.45) is 2.78. The van der Waals surface area contributed by atoms with Gasteiger partial charge < -0.3 is 14.6 Å². The molecule has 0 radical (unpaired) electrons. The Morgan fingerprint density at radius 1 is 1.03 bits per heavy atom. The van der Waals surface area contributed by atoms with E-state index in [2.05, 4.69) is 4.98 Å². The highest BCUT2D eigenvalue weighted by Crippen LogP contribution is 2.42. The third-order valence-corrected chi connectivity index (χ3v) is 5.49. The molecule has 0 saturated carbocycles. The van der Waals surface area contributed by atoms with Crippen molar-refractivity contribution in [3.05, 3.63) is 95.3 Å². The minimum atomic E-state index is -0.966. The van der Waals surface area contributed by atoms with Crippen LogP contribution in [0.4, 0.5) is 5.69 Å². The number of carbonyl (C=O) groups excluding carboxylic acids is 3. The van der Waals surface area contributed by atoms with E-state index in [0.717, 1.165) is 0 Å². The molecule has 2 heterocycles. The molecule has 3 aromatic rings. The first-order chi connectivity index (χ1) is 16.8. The van der Waals surface area contributed by atoms with Crippen molar-refractivity contribution in [2.45, 2.75) is 26.0 Å². The van der Waals surface area contributed by atoms with Crippen LogP contribution in [0.3, 0.4) is 0 Å². The van der Waals surface area contributed by atoms with E-state index in [-0.39, 0.29) is 23.0 Å². The van der Waals surface area contributed by atoms with E-state index in [4.69, 9.17) is 9.47 Å². The van der Waals surface area contributed by atoms with Crippen LogP contribution in [0.2, 0.25) is 0 Å². The molecular weight excluding hydrogens is 448 g/mol. The van der Waals surface area contributed by atoms with E-state index in [0.29, 0.717) is 22.6 Å². The summed E-state index contributed by atoms with van der Waals surface area (Å²) >= 11 is 0. The Bertz CT molecular complexity index is 1320. The monoisotopic (exact) mass is 472 g/mol. The van der Waals surface area contributed by atoms with Crippen LogP contribution in [-0.2, 0) is 14.3 Å². The topological polar surface area (TPSA) is 106 Å². The number of carbonyl (C=O) groups is 3. The zero-order chi connectivity index (χ0) is 25.1. The average Bonchev–Trinajstić information content (AvgIpc) is 3.14. The Labute approximate surface area is 202 Å². The summed E-state index contributed by atoms with van der Waals surface area (Å²) in [4.78, 5) is 44.4. The number of ether oxygens (including phenoxy) is 2. The van der Waals surface area contributed by atoms with Crippen molar-refractivity contribution >= 4 is 29.1 Å². The zero-order valence-corrected chi connectivity index (χ0v) is 19.5. The highest BCUT2D eigenvalue weighted by atomic mass is 16.5. The Morgan fingerprint density at radius 2 is 1.77 bits per heavy atom. The van der Waals surface area contributed by atoms with Crippen LogP contribution >= 0.6 is 0 Å². The van der Waals surface area contributed by atoms with Gasteiger partial charge in [-0.25, -0.2) is 4.79 Å². The summed E-state index contributed by atoms with van der Waals surface area (Å²) in [5.74, 6) is -2.09. The highest BCUT2D eigenvalue weighted by molar-refractivity contribution is 6.51. The van der Waals surface area contributed by atoms with E-state index >= 15 is 0 Å². The largest absolute Gasteiger partial charge is 0.507 e. The average molecular weight is 472 g/mol. The van der Waals surface area contributed by atoms with Gasteiger partial charge in [-0.15, -0.1) is 0 Å². The van der Waals surface area contributed by atoms with Crippen molar-refractivity contribution in [2.75, 3.05) is 12.0 Å². The van der Waals surface area contributed by atoms with E-state index in [1.165, 1.54) is 24.3 Å². The maximum Gasteiger partial charge on any atom is 0.338 e. The molecular formula is C27H24N2O6. The van der Waals surface area contributed by atoms with Crippen LogP contribution in [0.5, 0.6) is 5.75 Å². The molecule has 0 spiro atoms. The molecule has 1 amide bonds. The van der Waals surface area contributed by atoms with Gasteiger partial charge in [-0.2, -0.15) is 0 Å². The predicted molar refractivity (Wildman–Crippen MR) is 129 cm³/mol.